The molecule has 168 valence electrons. The van der Waals surface area contributed by atoms with E-state index in [2.05, 4.69) is 79.8 Å². The van der Waals surface area contributed by atoms with Gasteiger partial charge in [0.05, 0.1) is 12.0 Å². The predicted molar refractivity (Wildman–Crippen MR) is 132 cm³/mol. The molecule has 0 saturated carbocycles. The van der Waals surface area contributed by atoms with Gasteiger partial charge in [0.1, 0.15) is 0 Å². The highest BCUT2D eigenvalue weighted by Crippen LogP contribution is 2.25. The fraction of sp³-hybridized carbons (Fsp3) is 0.536. The zero-order chi connectivity index (χ0) is 22.3. The lowest BCUT2D eigenvalue weighted by atomic mass is 9.87. The van der Waals surface area contributed by atoms with Crippen LogP contribution in [0.4, 0.5) is 0 Å². The largest absolute Gasteiger partial charge is 0.466 e. The smallest absolute Gasteiger partial charge is 0.311 e. The number of ether oxygens (including phenoxy) is 1. The van der Waals surface area contributed by atoms with E-state index in [1.807, 2.05) is 20.8 Å². The first kappa shape index (κ1) is 27.9. The van der Waals surface area contributed by atoms with Crippen molar-refractivity contribution in [2.75, 3.05) is 6.61 Å². The SMILES string of the molecule is CC/C=C\C/C=C\C/C=C\C/C=C\C/C=C\C/C=C\CCCC(C)(C)C(=O)OCC. The van der Waals surface area contributed by atoms with Crippen LogP contribution >= 0.6 is 0 Å². The molecule has 0 aromatic carbocycles. The lowest BCUT2D eigenvalue weighted by Crippen LogP contribution is -2.26. The molecule has 0 aliphatic carbocycles. The second-order valence-corrected chi connectivity index (χ2v) is 7.91. The molecule has 30 heavy (non-hydrogen) atoms. The van der Waals surface area contributed by atoms with Gasteiger partial charge in [-0.25, -0.2) is 0 Å². The van der Waals surface area contributed by atoms with Crippen molar-refractivity contribution in [3.63, 3.8) is 0 Å². The third-order valence-electron chi connectivity index (χ3n) is 4.60. The van der Waals surface area contributed by atoms with Gasteiger partial charge in [-0.3, -0.25) is 4.79 Å². The second-order valence-electron chi connectivity index (χ2n) is 7.91. The Labute approximate surface area is 186 Å². The highest BCUT2D eigenvalue weighted by atomic mass is 16.5. The van der Waals surface area contributed by atoms with Crippen LogP contribution in [0, 0.1) is 5.41 Å². The first-order valence-corrected chi connectivity index (χ1v) is 11.6. The zero-order valence-corrected chi connectivity index (χ0v) is 19.8. The van der Waals surface area contributed by atoms with Crippen LogP contribution in [0.5, 0.6) is 0 Å². The third kappa shape index (κ3) is 18.0. The van der Waals surface area contributed by atoms with Crippen molar-refractivity contribution in [2.24, 2.45) is 5.41 Å². The highest BCUT2D eigenvalue weighted by molar-refractivity contribution is 5.75. The summed E-state index contributed by atoms with van der Waals surface area (Å²) in [4.78, 5) is 11.8. The van der Waals surface area contributed by atoms with Crippen LogP contribution in [0.1, 0.15) is 85.5 Å². The molecule has 0 amide bonds. The van der Waals surface area contributed by atoms with E-state index in [1.54, 1.807) is 0 Å². The lowest BCUT2D eigenvalue weighted by Gasteiger charge is -2.21. The van der Waals surface area contributed by atoms with E-state index in [9.17, 15) is 4.79 Å². The van der Waals surface area contributed by atoms with Crippen molar-refractivity contribution in [1.29, 1.82) is 0 Å². The molecule has 0 aromatic heterocycles. The Bertz CT molecular complexity index is 586. The number of carbonyl (C=O) groups is 1. The fourth-order valence-electron chi connectivity index (χ4n) is 2.73. The molecule has 2 heteroatoms. The normalized spacial score (nSPS) is 13.3. The highest BCUT2D eigenvalue weighted by Gasteiger charge is 2.28. The van der Waals surface area contributed by atoms with Crippen molar-refractivity contribution in [1.82, 2.24) is 0 Å². The molecule has 0 unspecified atom stereocenters. The third-order valence-corrected chi connectivity index (χ3v) is 4.60. The fourth-order valence-corrected chi connectivity index (χ4v) is 2.73. The van der Waals surface area contributed by atoms with Crippen LogP contribution in [-0.4, -0.2) is 12.6 Å². The zero-order valence-electron chi connectivity index (χ0n) is 19.8. The topological polar surface area (TPSA) is 26.3 Å². The Morgan fingerprint density at radius 3 is 1.47 bits per heavy atom. The molecule has 2 nitrogen and oxygen atoms in total. The Morgan fingerprint density at radius 2 is 1.07 bits per heavy atom. The number of allylic oxidation sites excluding steroid dienone is 12. The van der Waals surface area contributed by atoms with E-state index in [-0.39, 0.29) is 11.4 Å². The standard InChI is InChI=1S/C28H44O2/c1-5-7-8-9-10-11-12-13-14-15-16-17-18-19-20-21-22-23-24-25-26-28(3,4)27(29)30-6-2/h7-8,10-11,13-14,16-17,19-20,22-23H,5-6,9,12,15,18,21,24-26H2,1-4H3/b8-7-,11-10-,14-13-,17-16-,20-19-,23-22-. The summed E-state index contributed by atoms with van der Waals surface area (Å²) in [6.07, 6.45) is 35.5. The van der Waals surface area contributed by atoms with Gasteiger partial charge in [-0.15, -0.1) is 0 Å². The quantitative estimate of drug-likeness (QED) is 0.136. The van der Waals surface area contributed by atoms with Crippen molar-refractivity contribution in [3.8, 4) is 0 Å². The van der Waals surface area contributed by atoms with Gasteiger partial charge in [0.25, 0.3) is 0 Å². The Hall–Kier alpha value is -2.09. The van der Waals surface area contributed by atoms with Crippen LogP contribution in [0.25, 0.3) is 0 Å². The summed E-state index contributed by atoms with van der Waals surface area (Å²) in [5, 5.41) is 0. The maximum absolute atomic E-state index is 11.8. The minimum absolute atomic E-state index is 0.0900. The van der Waals surface area contributed by atoms with Gasteiger partial charge in [0.15, 0.2) is 0 Å². The molecular formula is C28H44O2. The summed E-state index contributed by atoms with van der Waals surface area (Å²) in [6.45, 7) is 8.39. The average Bonchev–Trinajstić information content (AvgIpc) is 2.72. The van der Waals surface area contributed by atoms with Crippen LogP contribution < -0.4 is 0 Å². The molecule has 0 spiro atoms. The van der Waals surface area contributed by atoms with Crippen molar-refractivity contribution in [3.05, 3.63) is 72.9 Å². The number of rotatable bonds is 17. The first-order valence-electron chi connectivity index (χ1n) is 11.6. The van der Waals surface area contributed by atoms with E-state index in [4.69, 9.17) is 4.74 Å². The van der Waals surface area contributed by atoms with Gasteiger partial charge < -0.3 is 4.74 Å². The van der Waals surface area contributed by atoms with E-state index in [0.717, 1.165) is 57.8 Å². The van der Waals surface area contributed by atoms with E-state index in [0.29, 0.717) is 6.61 Å². The summed E-state index contributed by atoms with van der Waals surface area (Å²) >= 11 is 0. The van der Waals surface area contributed by atoms with Gasteiger partial charge >= 0.3 is 5.97 Å². The van der Waals surface area contributed by atoms with Gasteiger partial charge in [-0.2, -0.15) is 0 Å². The molecule has 0 heterocycles. The molecule has 0 atom stereocenters. The van der Waals surface area contributed by atoms with Gasteiger partial charge in [0.2, 0.25) is 0 Å². The van der Waals surface area contributed by atoms with Crippen LogP contribution in [0.3, 0.4) is 0 Å². The number of hydrogen-bond donors (Lipinski definition) is 0. The molecule has 0 rings (SSSR count). The molecule has 0 radical (unpaired) electrons. The molecule has 0 N–H and O–H groups in total. The lowest BCUT2D eigenvalue weighted by molar-refractivity contribution is -0.153. The van der Waals surface area contributed by atoms with Gasteiger partial charge in [-0.05, 0) is 78.6 Å². The van der Waals surface area contributed by atoms with Crippen molar-refractivity contribution in [2.45, 2.75) is 85.5 Å². The maximum atomic E-state index is 11.8. The van der Waals surface area contributed by atoms with Crippen LogP contribution in [0.2, 0.25) is 0 Å². The minimum Gasteiger partial charge on any atom is -0.466 e. The van der Waals surface area contributed by atoms with Crippen molar-refractivity contribution >= 4 is 5.97 Å². The molecule has 0 aromatic rings. The summed E-state index contributed by atoms with van der Waals surface area (Å²) in [5.74, 6) is -0.0900. The van der Waals surface area contributed by atoms with Gasteiger partial charge in [0, 0.05) is 0 Å². The molecule has 0 bridgehead atoms. The predicted octanol–water partition coefficient (Wildman–Crippen LogP) is 8.44. The van der Waals surface area contributed by atoms with Crippen LogP contribution in [-0.2, 0) is 9.53 Å². The Morgan fingerprint density at radius 1 is 0.667 bits per heavy atom. The van der Waals surface area contributed by atoms with Crippen LogP contribution in [0.15, 0.2) is 72.9 Å². The first-order chi connectivity index (χ1) is 14.5. The summed E-state index contributed by atoms with van der Waals surface area (Å²) < 4.78 is 5.12. The molecule has 0 aliphatic heterocycles. The maximum Gasteiger partial charge on any atom is 0.311 e. The van der Waals surface area contributed by atoms with E-state index >= 15 is 0 Å². The summed E-state index contributed by atoms with van der Waals surface area (Å²) in [6, 6.07) is 0. The number of carbonyl (C=O) groups excluding carboxylic acids is 1. The average molecular weight is 413 g/mol. The molecule has 0 saturated heterocycles. The van der Waals surface area contributed by atoms with Crippen molar-refractivity contribution < 1.29 is 9.53 Å². The Balaban J connectivity index is 3.69. The van der Waals surface area contributed by atoms with E-state index < -0.39 is 0 Å². The molecule has 0 aliphatic rings. The Kier molecular flexibility index (Phi) is 18.8. The monoisotopic (exact) mass is 412 g/mol. The van der Waals surface area contributed by atoms with Gasteiger partial charge in [-0.1, -0.05) is 79.8 Å². The molecule has 0 fully saturated rings. The number of esters is 1. The minimum atomic E-state index is -0.381. The van der Waals surface area contributed by atoms with E-state index in [1.165, 1.54) is 0 Å². The number of unbranched alkanes of at least 4 members (excludes halogenated alkanes) is 1. The summed E-state index contributed by atoms with van der Waals surface area (Å²) in [5.41, 5.74) is -0.381. The molecular weight excluding hydrogens is 368 g/mol. The second kappa shape index (κ2) is 20.2. The summed E-state index contributed by atoms with van der Waals surface area (Å²) in [7, 11) is 0. The number of hydrogen-bond acceptors (Lipinski definition) is 2.